The number of ether oxygens (including phenoxy) is 1. The van der Waals surface area contributed by atoms with Crippen molar-refractivity contribution in [1.82, 2.24) is 10.3 Å². The molecule has 2 aromatic rings. The molecule has 1 aliphatic rings. The van der Waals surface area contributed by atoms with Crippen molar-refractivity contribution in [3.05, 3.63) is 24.1 Å². The van der Waals surface area contributed by atoms with Gasteiger partial charge in [-0.15, -0.1) is 0 Å². The van der Waals surface area contributed by atoms with E-state index < -0.39 is 18.0 Å². The number of aromatic nitrogens is 1. The lowest BCUT2D eigenvalue weighted by molar-refractivity contribution is -0.139. The van der Waals surface area contributed by atoms with Crippen LogP contribution in [0.15, 0.2) is 22.6 Å². The fourth-order valence-electron chi connectivity index (χ4n) is 2.28. The van der Waals surface area contributed by atoms with Gasteiger partial charge in [0.2, 0.25) is 5.89 Å². The second-order valence-electron chi connectivity index (χ2n) is 6.56. The van der Waals surface area contributed by atoms with E-state index in [4.69, 9.17) is 9.15 Å². The fourth-order valence-corrected chi connectivity index (χ4v) is 2.28. The number of cyclic esters (lactones) is 1. The molecule has 1 aliphatic heterocycles. The van der Waals surface area contributed by atoms with Gasteiger partial charge in [0.05, 0.1) is 6.61 Å². The van der Waals surface area contributed by atoms with Gasteiger partial charge < -0.3 is 19.8 Å². The van der Waals surface area contributed by atoms with Crippen LogP contribution in [0.2, 0.25) is 0 Å². The maximum atomic E-state index is 11.9. The SMILES string of the molecule is CC(C)(C)c1nc2cc(NC(=O)N[C@H]3CCOC3=O)ccc2o1. The Morgan fingerprint density at radius 1 is 1.35 bits per heavy atom. The molecule has 0 aliphatic carbocycles. The Balaban J connectivity index is 1.73. The van der Waals surface area contributed by atoms with Crippen molar-refractivity contribution in [3.63, 3.8) is 0 Å². The molecule has 1 aromatic heterocycles. The van der Waals surface area contributed by atoms with Crippen LogP contribution in [-0.2, 0) is 14.9 Å². The minimum absolute atomic E-state index is 0.188. The number of fused-ring (bicyclic) bond motifs is 1. The average molecular weight is 317 g/mol. The lowest BCUT2D eigenvalue weighted by atomic mass is 9.97. The summed E-state index contributed by atoms with van der Waals surface area (Å²) in [5, 5.41) is 5.28. The maximum Gasteiger partial charge on any atom is 0.328 e. The van der Waals surface area contributed by atoms with Crippen molar-refractivity contribution in [2.75, 3.05) is 11.9 Å². The molecule has 2 N–H and O–H groups in total. The summed E-state index contributed by atoms with van der Waals surface area (Å²) in [5.41, 5.74) is 1.73. The van der Waals surface area contributed by atoms with E-state index in [0.29, 0.717) is 35.7 Å². The molecular weight excluding hydrogens is 298 g/mol. The lowest BCUT2D eigenvalue weighted by Gasteiger charge is -2.11. The van der Waals surface area contributed by atoms with Crippen LogP contribution in [-0.4, -0.2) is 29.6 Å². The normalized spacial score (nSPS) is 18.0. The minimum atomic E-state index is -0.585. The summed E-state index contributed by atoms with van der Waals surface area (Å²) < 4.78 is 10.5. The lowest BCUT2D eigenvalue weighted by Crippen LogP contribution is -2.40. The summed E-state index contributed by atoms with van der Waals surface area (Å²) in [5.74, 6) is 0.240. The van der Waals surface area contributed by atoms with Gasteiger partial charge in [-0.05, 0) is 18.2 Å². The number of benzene rings is 1. The van der Waals surface area contributed by atoms with E-state index in [9.17, 15) is 9.59 Å². The fraction of sp³-hybridized carbons (Fsp3) is 0.438. The standard InChI is InChI=1S/C16H19N3O4/c1-16(2,3)14-18-11-8-9(4-5-12(11)23-14)17-15(21)19-10-6-7-22-13(10)20/h4-5,8,10H,6-7H2,1-3H3,(H2,17,19,21)/t10-/m0/s1. The number of hydrogen-bond acceptors (Lipinski definition) is 5. The van der Waals surface area contributed by atoms with E-state index >= 15 is 0 Å². The van der Waals surface area contributed by atoms with Crippen molar-refractivity contribution < 1.29 is 18.7 Å². The average Bonchev–Trinajstić information content (AvgIpc) is 3.05. The Bertz CT molecular complexity index is 760. The monoisotopic (exact) mass is 317 g/mol. The molecule has 1 atom stereocenters. The highest BCUT2D eigenvalue weighted by Gasteiger charge is 2.28. The first-order valence-electron chi connectivity index (χ1n) is 7.48. The molecule has 0 unspecified atom stereocenters. The molecule has 2 amide bonds. The van der Waals surface area contributed by atoms with E-state index in [0.717, 1.165) is 0 Å². The van der Waals surface area contributed by atoms with Crippen molar-refractivity contribution in [3.8, 4) is 0 Å². The Kier molecular flexibility index (Phi) is 3.71. The highest BCUT2D eigenvalue weighted by Crippen LogP contribution is 2.27. The molecule has 0 radical (unpaired) electrons. The zero-order valence-electron chi connectivity index (χ0n) is 13.3. The molecule has 1 aromatic carbocycles. The number of nitrogens with one attached hydrogen (secondary N) is 2. The van der Waals surface area contributed by atoms with Crippen LogP contribution in [0, 0.1) is 0 Å². The third-order valence-corrected chi connectivity index (χ3v) is 3.53. The second-order valence-corrected chi connectivity index (χ2v) is 6.56. The van der Waals surface area contributed by atoms with Gasteiger partial charge in [0.25, 0.3) is 0 Å². The van der Waals surface area contributed by atoms with Gasteiger partial charge in [0, 0.05) is 17.5 Å². The quantitative estimate of drug-likeness (QED) is 0.830. The summed E-state index contributed by atoms with van der Waals surface area (Å²) >= 11 is 0. The molecule has 1 saturated heterocycles. The predicted octanol–water partition coefficient (Wildman–Crippen LogP) is 2.56. The summed E-state index contributed by atoms with van der Waals surface area (Å²) in [4.78, 5) is 27.7. The third-order valence-electron chi connectivity index (χ3n) is 3.53. The smallest absolute Gasteiger partial charge is 0.328 e. The molecule has 1 fully saturated rings. The molecule has 7 nitrogen and oxygen atoms in total. The second kappa shape index (κ2) is 5.57. The van der Waals surface area contributed by atoms with Crippen molar-refractivity contribution in [1.29, 1.82) is 0 Å². The highest BCUT2D eigenvalue weighted by molar-refractivity contribution is 5.94. The number of rotatable bonds is 2. The molecule has 0 spiro atoms. The molecule has 7 heteroatoms. The van der Waals surface area contributed by atoms with E-state index in [1.165, 1.54) is 0 Å². The number of anilines is 1. The number of amides is 2. The summed E-state index contributed by atoms with van der Waals surface area (Å²) in [7, 11) is 0. The van der Waals surface area contributed by atoms with Crippen molar-refractivity contribution >= 4 is 28.8 Å². The Labute approximate surface area is 133 Å². The number of carbonyl (C=O) groups excluding carboxylic acids is 2. The van der Waals surface area contributed by atoms with E-state index in [-0.39, 0.29) is 5.41 Å². The van der Waals surface area contributed by atoms with Crippen LogP contribution in [0.3, 0.4) is 0 Å². The number of oxazole rings is 1. The van der Waals surface area contributed by atoms with Crippen LogP contribution in [0.1, 0.15) is 33.1 Å². The zero-order valence-corrected chi connectivity index (χ0v) is 13.3. The molecule has 0 bridgehead atoms. The van der Waals surface area contributed by atoms with Crippen LogP contribution in [0.5, 0.6) is 0 Å². The first kappa shape index (κ1) is 15.3. The molecule has 122 valence electrons. The van der Waals surface area contributed by atoms with Crippen LogP contribution >= 0.6 is 0 Å². The van der Waals surface area contributed by atoms with Gasteiger partial charge in [-0.1, -0.05) is 20.8 Å². The van der Waals surface area contributed by atoms with Crippen molar-refractivity contribution in [2.24, 2.45) is 0 Å². The van der Waals surface area contributed by atoms with E-state index in [2.05, 4.69) is 15.6 Å². The third kappa shape index (κ3) is 3.28. The van der Waals surface area contributed by atoms with Crippen LogP contribution < -0.4 is 10.6 Å². The topological polar surface area (TPSA) is 93.5 Å². The molecule has 2 heterocycles. The summed E-state index contributed by atoms with van der Waals surface area (Å²) in [6.45, 7) is 6.39. The maximum absolute atomic E-state index is 11.9. The van der Waals surface area contributed by atoms with Gasteiger partial charge in [-0.25, -0.2) is 14.6 Å². The molecule has 23 heavy (non-hydrogen) atoms. The molecular formula is C16H19N3O4. The first-order chi connectivity index (χ1) is 10.8. The number of esters is 1. The van der Waals surface area contributed by atoms with E-state index in [1.807, 2.05) is 20.8 Å². The number of nitrogens with zero attached hydrogens (tertiary/aromatic N) is 1. The predicted molar refractivity (Wildman–Crippen MR) is 84.2 cm³/mol. The summed E-state index contributed by atoms with van der Waals surface area (Å²) in [6.07, 6.45) is 0.490. The van der Waals surface area contributed by atoms with Gasteiger partial charge >= 0.3 is 12.0 Å². The first-order valence-corrected chi connectivity index (χ1v) is 7.48. The Morgan fingerprint density at radius 3 is 2.78 bits per heavy atom. The minimum Gasteiger partial charge on any atom is -0.464 e. The largest absolute Gasteiger partial charge is 0.464 e. The Hall–Kier alpha value is -2.57. The van der Waals surface area contributed by atoms with Gasteiger partial charge in [0.1, 0.15) is 11.6 Å². The van der Waals surface area contributed by atoms with Gasteiger partial charge in [-0.3, -0.25) is 0 Å². The Morgan fingerprint density at radius 2 is 2.13 bits per heavy atom. The van der Waals surface area contributed by atoms with Gasteiger partial charge in [0.15, 0.2) is 5.58 Å². The van der Waals surface area contributed by atoms with Crippen LogP contribution in [0.4, 0.5) is 10.5 Å². The number of hydrogen-bond donors (Lipinski definition) is 2. The van der Waals surface area contributed by atoms with E-state index in [1.54, 1.807) is 18.2 Å². The highest BCUT2D eigenvalue weighted by atomic mass is 16.5. The van der Waals surface area contributed by atoms with Crippen LogP contribution in [0.25, 0.3) is 11.1 Å². The molecule has 3 rings (SSSR count). The van der Waals surface area contributed by atoms with Crippen molar-refractivity contribution in [2.45, 2.75) is 38.6 Å². The van der Waals surface area contributed by atoms with Gasteiger partial charge in [-0.2, -0.15) is 0 Å². The molecule has 0 saturated carbocycles. The zero-order chi connectivity index (χ0) is 16.6. The number of urea groups is 1. The summed E-state index contributed by atoms with van der Waals surface area (Å²) in [6, 6.07) is 4.19. The number of carbonyl (C=O) groups is 2.